The van der Waals surface area contributed by atoms with Crippen molar-refractivity contribution in [2.75, 3.05) is 0 Å². The molecule has 0 saturated heterocycles. The van der Waals surface area contributed by atoms with Gasteiger partial charge < -0.3 is 4.57 Å². The average molecular weight is 511 g/mol. The number of nitrogens with zero attached hydrogens (tertiary/aromatic N) is 4. The maximum Gasteiger partial charge on any atom is 0.146 e. The fraction of sp³-hybridized carbons (Fsp3) is 0. The topological polar surface area (TPSA) is 35.1 Å². The van der Waals surface area contributed by atoms with Crippen LogP contribution in [0.4, 0.5) is 0 Å². The van der Waals surface area contributed by atoms with Crippen LogP contribution in [0.15, 0.2) is 134 Å². The average Bonchev–Trinajstić information content (AvgIpc) is 3.58. The summed E-state index contributed by atoms with van der Waals surface area (Å²) in [5.41, 5.74) is 10.1. The van der Waals surface area contributed by atoms with E-state index in [1.165, 1.54) is 43.7 Å². The van der Waals surface area contributed by atoms with Crippen LogP contribution in [0.2, 0.25) is 0 Å². The Kier molecular flexibility index (Phi) is 4.30. The fourth-order valence-corrected chi connectivity index (χ4v) is 6.50. The van der Waals surface area contributed by atoms with E-state index < -0.39 is 0 Å². The monoisotopic (exact) mass is 510 g/mol. The SMILES string of the molecule is c1cc(-c2ccncc2)cc(-n2c3ccccc3c3c4c5ccccc5c5nc6ccccc6n5c4ccc32)c1. The van der Waals surface area contributed by atoms with Crippen LogP contribution in [0.1, 0.15) is 0 Å². The molecule has 4 heteroatoms. The van der Waals surface area contributed by atoms with E-state index in [4.69, 9.17) is 4.98 Å². The predicted octanol–water partition coefficient (Wildman–Crippen LogP) is 8.95. The van der Waals surface area contributed by atoms with Gasteiger partial charge in [0, 0.05) is 39.6 Å². The van der Waals surface area contributed by atoms with E-state index in [1.807, 2.05) is 12.4 Å². The van der Waals surface area contributed by atoms with Crippen molar-refractivity contribution in [3.05, 3.63) is 134 Å². The maximum atomic E-state index is 5.08. The van der Waals surface area contributed by atoms with E-state index in [1.54, 1.807) is 0 Å². The molecule has 0 radical (unpaired) electrons. The van der Waals surface area contributed by atoms with E-state index in [9.17, 15) is 0 Å². The smallest absolute Gasteiger partial charge is 0.146 e. The van der Waals surface area contributed by atoms with Gasteiger partial charge in [-0.1, -0.05) is 66.7 Å². The molecule has 0 amide bonds. The third-order valence-corrected chi connectivity index (χ3v) is 8.17. The zero-order valence-corrected chi connectivity index (χ0v) is 21.5. The summed E-state index contributed by atoms with van der Waals surface area (Å²) < 4.78 is 4.74. The minimum Gasteiger partial charge on any atom is -0.309 e. The van der Waals surface area contributed by atoms with Crippen LogP contribution >= 0.6 is 0 Å². The van der Waals surface area contributed by atoms with Crippen LogP contribution < -0.4 is 0 Å². The highest BCUT2D eigenvalue weighted by Crippen LogP contribution is 2.41. The van der Waals surface area contributed by atoms with Crippen molar-refractivity contribution >= 4 is 60.2 Å². The first kappa shape index (κ1) is 21.5. The molecule has 9 aromatic rings. The molecular weight excluding hydrogens is 488 g/mol. The number of rotatable bonds is 2. The molecule has 9 rings (SSSR count). The molecule has 4 nitrogen and oxygen atoms in total. The molecule has 0 atom stereocenters. The van der Waals surface area contributed by atoms with Crippen molar-refractivity contribution in [1.29, 1.82) is 0 Å². The summed E-state index contributed by atoms with van der Waals surface area (Å²) in [6.45, 7) is 0. The minimum absolute atomic E-state index is 0.998. The number of pyridine rings is 2. The standard InChI is InChI=1S/C36H22N4/c1-2-11-27-26(10-1)34-33(40-31-15-6-4-13-29(31)38-36(27)40)17-16-32-35(34)28-12-3-5-14-30(28)39(32)25-9-7-8-24(22-25)23-18-20-37-21-19-23/h1-22H. The summed E-state index contributed by atoms with van der Waals surface area (Å²) in [5, 5.41) is 6.14. The summed E-state index contributed by atoms with van der Waals surface area (Å²) in [6.07, 6.45) is 3.69. The molecule has 0 spiro atoms. The lowest BCUT2D eigenvalue weighted by Crippen LogP contribution is -1.95. The van der Waals surface area contributed by atoms with Crippen LogP contribution in [-0.2, 0) is 0 Å². The largest absolute Gasteiger partial charge is 0.309 e. The second kappa shape index (κ2) is 8.01. The number of imidazole rings is 1. The number of aromatic nitrogens is 4. The Labute approximate surface area is 229 Å². The normalized spacial score (nSPS) is 12.0. The van der Waals surface area contributed by atoms with Crippen molar-refractivity contribution in [3.63, 3.8) is 0 Å². The van der Waals surface area contributed by atoms with Gasteiger partial charge in [0.15, 0.2) is 0 Å². The molecule has 0 aliphatic carbocycles. The number of fused-ring (bicyclic) bond motifs is 12. The van der Waals surface area contributed by atoms with E-state index >= 15 is 0 Å². The van der Waals surface area contributed by atoms with Crippen LogP contribution in [0.5, 0.6) is 0 Å². The Bertz CT molecular complexity index is 2430. The van der Waals surface area contributed by atoms with Gasteiger partial charge in [0.25, 0.3) is 0 Å². The predicted molar refractivity (Wildman–Crippen MR) is 165 cm³/mol. The summed E-state index contributed by atoms with van der Waals surface area (Å²) >= 11 is 0. The van der Waals surface area contributed by atoms with Gasteiger partial charge in [-0.25, -0.2) is 4.98 Å². The molecule has 0 unspecified atom stereocenters. The van der Waals surface area contributed by atoms with Gasteiger partial charge in [-0.05, 0) is 71.1 Å². The highest BCUT2D eigenvalue weighted by atomic mass is 15.0. The zero-order chi connectivity index (χ0) is 26.2. The van der Waals surface area contributed by atoms with E-state index in [0.717, 1.165) is 33.3 Å². The molecule has 0 bridgehead atoms. The molecule has 0 fully saturated rings. The fourth-order valence-electron chi connectivity index (χ4n) is 6.50. The first-order valence-electron chi connectivity index (χ1n) is 13.5. The number of hydrogen-bond acceptors (Lipinski definition) is 2. The Morgan fingerprint density at radius 2 is 1.18 bits per heavy atom. The molecule has 4 aromatic heterocycles. The van der Waals surface area contributed by atoms with Crippen molar-refractivity contribution < 1.29 is 0 Å². The highest BCUT2D eigenvalue weighted by molar-refractivity contribution is 6.29. The van der Waals surface area contributed by atoms with Crippen LogP contribution in [0.25, 0.3) is 77.0 Å². The molecule has 0 aliphatic rings. The molecule has 4 heterocycles. The van der Waals surface area contributed by atoms with Gasteiger partial charge in [0.1, 0.15) is 5.65 Å². The van der Waals surface area contributed by atoms with Crippen LogP contribution in [-0.4, -0.2) is 18.9 Å². The Morgan fingerprint density at radius 1 is 0.475 bits per heavy atom. The summed E-state index contributed by atoms with van der Waals surface area (Å²) in [4.78, 5) is 9.28. The van der Waals surface area contributed by atoms with E-state index in [2.05, 4.69) is 135 Å². The van der Waals surface area contributed by atoms with Gasteiger partial charge in [-0.15, -0.1) is 0 Å². The van der Waals surface area contributed by atoms with Crippen LogP contribution in [0.3, 0.4) is 0 Å². The highest BCUT2D eigenvalue weighted by Gasteiger charge is 2.20. The quantitative estimate of drug-likeness (QED) is 0.218. The zero-order valence-electron chi connectivity index (χ0n) is 21.5. The van der Waals surface area contributed by atoms with Crippen molar-refractivity contribution in [3.8, 4) is 16.8 Å². The third kappa shape index (κ3) is 2.85. The van der Waals surface area contributed by atoms with Crippen LogP contribution in [0, 0.1) is 0 Å². The Balaban J connectivity index is 1.48. The number of hydrogen-bond donors (Lipinski definition) is 0. The second-order valence-electron chi connectivity index (χ2n) is 10.3. The Hall–Kier alpha value is -5.48. The molecular formula is C36H22N4. The van der Waals surface area contributed by atoms with E-state index in [-0.39, 0.29) is 0 Å². The molecule has 0 aliphatic heterocycles. The van der Waals surface area contributed by atoms with Crippen molar-refractivity contribution in [2.45, 2.75) is 0 Å². The third-order valence-electron chi connectivity index (χ3n) is 8.17. The van der Waals surface area contributed by atoms with Gasteiger partial charge >= 0.3 is 0 Å². The number of benzene rings is 5. The number of para-hydroxylation sites is 3. The van der Waals surface area contributed by atoms with Crippen molar-refractivity contribution in [1.82, 2.24) is 18.9 Å². The molecule has 0 N–H and O–H groups in total. The van der Waals surface area contributed by atoms with Gasteiger partial charge in [-0.3, -0.25) is 9.38 Å². The lowest BCUT2D eigenvalue weighted by Gasteiger charge is -2.12. The van der Waals surface area contributed by atoms with Gasteiger partial charge in [-0.2, -0.15) is 0 Å². The summed E-state index contributed by atoms with van der Waals surface area (Å²) in [6, 6.07) is 43.3. The first-order chi connectivity index (χ1) is 19.9. The van der Waals surface area contributed by atoms with Gasteiger partial charge in [0.05, 0.1) is 27.6 Å². The Morgan fingerprint density at radius 3 is 2.05 bits per heavy atom. The molecule has 186 valence electrons. The second-order valence-corrected chi connectivity index (χ2v) is 10.3. The lowest BCUT2D eigenvalue weighted by molar-refractivity contribution is 1.18. The maximum absolute atomic E-state index is 5.08. The minimum atomic E-state index is 0.998. The summed E-state index contributed by atoms with van der Waals surface area (Å²) in [7, 11) is 0. The molecule has 5 aromatic carbocycles. The summed E-state index contributed by atoms with van der Waals surface area (Å²) in [5.74, 6) is 0. The van der Waals surface area contributed by atoms with E-state index in [0.29, 0.717) is 0 Å². The van der Waals surface area contributed by atoms with Crippen molar-refractivity contribution in [2.24, 2.45) is 0 Å². The lowest BCUT2D eigenvalue weighted by atomic mass is 10.0. The molecule has 40 heavy (non-hydrogen) atoms. The first-order valence-corrected chi connectivity index (χ1v) is 13.5. The van der Waals surface area contributed by atoms with Gasteiger partial charge in [0.2, 0.25) is 0 Å². The molecule has 0 saturated carbocycles.